The number of hydrogen-bond donors (Lipinski definition) is 2. The summed E-state index contributed by atoms with van der Waals surface area (Å²) < 4.78 is 4.79. The number of carbonyl (C=O) groups excluding carboxylic acids is 1. The molecule has 0 unspecified atom stereocenters. The Morgan fingerprint density at radius 1 is 1.28 bits per heavy atom. The molecule has 0 aromatic rings. The van der Waals surface area contributed by atoms with E-state index in [2.05, 4.69) is 0 Å². The molecule has 0 aliphatic heterocycles. The molecule has 0 radical (unpaired) electrons. The van der Waals surface area contributed by atoms with Crippen molar-refractivity contribution in [3.8, 4) is 0 Å². The van der Waals surface area contributed by atoms with E-state index in [0.717, 1.165) is 0 Å². The predicted molar refractivity (Wildman–Crippen MR) is 69.2 cm³/mol. The summed E-state index contributed by atoms with van der Waals surface area (Å²) >= 11 is 11.6. The van der Waals surface area contributed by atoms with Crippen molar-refractivity contribution in [1.29, 1.82) is 0 Å². The highest BCUT2D eigenvalue weighted by molar-refractivity contribution is 6.21. The first kappa shape index (κ1) is 17.3. The van der Waals surface area contributed by atoms with Crippen molar-refractivity contribution in [1.82, 2.24) is 4.90 Å². The molecule has 0 saturated heterocycles. The van der Waals surface area contributed by atoms with Crippen LogP contribution in [0.4, 0.5) is 4.79 Å². The van der Waals surface area contributed by atoms with Crippen LogP contribution in [0.25, 0.3) is 0 Å². The van der Waals surface area contributed by atoms with Crippen LogP contribution < -0.4 is 5.73 Å². The lowest BCUT2D eigenvalue weighted by Gasteiger charge is -2.24. The van der Waals surface area contributed by atoms with Crippen LogP contribution >= 0.6 is 23.2 Å². The number of amides is 1. The molecule has 0 bridgehead atoms. The number of ether oxygens (including phenoxy) is 1. The van der Waals surface area contributed by atoms with Gasteiger partial charge in [0.1, 0.15) is 12.6 Å². The Morgan fingerprint density at radius 3 is 2.06 bits per heavy atom. The minimum absolute atomic E-state index is 0.263. The van der Waals surface area contributed by atoms with Crippen molar-refractivity contribution >= 4 is 35.3 Å². The van der Waals surface area contributed by atoms with Crippen LogP contribution in [0.1, 0.15) is 13.8 Å². The van der Waals surface area contributed by atoms with Gasteiger partial charge >= 0.3 is 12.1 Å². The van der Waals surface area contributed by atoms with Gasteiger partial charge in [0.25, 0.3) is 0 Å². The number of carbonyl (C=O) groups is 2. The van der Waals surface area contributed by atoms with Gasteiger partial charge in [-0.15, -0.1) is 23.2 Å². The summed E-state index contributed by atoms with van der Waals surface area (Å²) in [5.74, 6) is -1.23. The van der Waals surface area contributed by atoms with Crippen molar-refractivity contribution in [3.63, 3.8) is 0 Å². The molecule has 106 valence electrons. The number of alkyl halides is 2. The quantitative estimate of drug-likeness (QED) is 0.687. The fraction of sp³-hybridized carbons (Fsp3) is 0.800. The molecule has 1 amide bonds. The minimum atomic E-state index is -1.24. The summed E-state index contributed by atoms with van der Waals surface area (Å²) in [6, 6.07) is -1.24. The SMILES string of the molecule is C[C@H](Cl)CN(C[C@H](C)Cl)C(=O)OC[C@H](N)C(=O)O. The van der Waals surface area contributed by atoms with Crippen LogP contribution in [0.5, 0.6) is 0 Å². The maximum absolute atomic E-state index is 11.7. The van der Waals surface area contributed by atoms with Gasteiger partial charge < -0.3 is 20.5 Å². The van der Waals surface area contributed by atoms with E-state index in [4.69, 9.17) is 38.8 Å². The van der Waals surface area contributed by atoms with Gasteiger partial charge in [-0.25, -0.2) is 4.79 Å². The van der Waals surface area contributed by atoms with E-state index in [9.17, 15) is 9.59 Å². The van der Waals surface area contributed by atoms with Crippen molar-refractivity contribution < 1.29 is 19.4 Å². The molecular formula is C10H18Cl2N2O4. The van der Waals surface area contributed by atoms with Crippen molar-refractivity contribution in [2.24, 2.45) is 5.73 Å². The van der Waals surface area contributed by atoms with E-state index in [1.807, 2.05) is 0 Å². The third-order valence-corrected chi connectivity index (χ3v) is 2.18. The average Bonchev–Trinajstić information content (AvgIpc) is 2.22. The Kier molecular flexibility index (Phi) is 8.06. The van der Waals surface area contributed by atoms with Crippen LogP contribution in [0, 0.1) is 0 Å². The predicted octanol–water partition coefficient (Wildman–Crippen LogP) is 1.09. The maximum atomic E-state index is 11.7. The summed E-state index contributed by atoms with van der Waals surface area (Å²) in [7, 11) is 0. The van der Waals surface area contributed by atoms with E-state index >= 15 is 0 Å². The van der Waals surface area contributed by atoms with E-state index in [0.29, 0.717) is 0 Å². The van der Waals surface area contributed by atoms with Crippen molar-refractivity contribution in [2.45, 2.75) is 30.6 Å². The molecular weight excluding hydrogens is 283 g/mol. The Morgan fingerprint density at radius 2 is 1.72 bits per heavy atom. The maximum Gasteiger partial charge on any atom is 0.409 e. The number of halogens is 2. The second-order valence-electron chi connectivity index (χ2n) is 3.99. The van der Waals surface area contributed by atoms with Gasteiger partial charge in [-0.1, -0.05) is 0 Å². The minimum Gasteiger partial charge on any atom is -0.480 e. The Hall–Kier alpha value is -0.720. The molecule has 0 saturated carbocycles. The number of carboxylic acids is 1. The fourth-order valence-corrected chi connectivity index (χ4v) is 1.49. The Balaban J connectivity index is 4.32. The number of hydrogen-bond acceptors (Lipinski definition) is 4. The number of nitrogens with zero attached hydrogens (tertiary/aromatic N) is 1. The average molecular weight is 301 g/mol. The molecule has 0 fully saturated rings. The third kappa shape index (κ3) is 7.58. The standard InChI is InChI=1S/C10H18Cl2N2O4/c1-6(11)3-14(4-7(2)12)10(17)18-5-8(13)9(15)16/h6-8H,3-5,13H2,1-2H3,(H,15,16)/t6-,7-,8-/m0/s1. The second-order valence-corrected chi connectivity index (χ2v) is 5.48. The van der Waals surface area contributed by atoms with Gasteiger partial charge in [0.2, 0.25) is 0 Å². The molecule has 6 nitrogen and oxygen atoms in total. The topological polar surface area (TPSA) is 92.9 Å². The summed E-state index contributed by atoms with van der Waals surface area (Å²) in [4.78, 5) is 23.5. The fourth-order valence-electron chi connectivity index (χ4n) is 1.15. The molecule has 0 heterocycles. The van der Waals surface area contributed by atoms with Crippen LogP contribution in [0.2, 0.25) is 0 Å². The van der Waals surface area contributed by atoms with Crippen LogP contribution in [0.15, 0.2) is 0 Å². The largest absolute Gasteiger partial charge is 0.480 e. The summed E-state index contributed by atoms with van der Waals surface area (Å²) in [6.45, 7) is 3.59. The molecule has 0 spiro atoms. The number of carboxylic acid groups (broad SMARTS) is 1. The van der Waals surface area contributed by atoms with Gasteiger partial charge in [0.15, 0.2) is 0 Å². The molecule has 0 aromatic carbocycles. The Bertz CT molecular complexity index is 277. The summed E-state index contributed by atoms with van der Waals surface area (Å²) in [5.41, 5.74) is 5.22. The molecule has 0 aliphatic carbocycles. The van der Waals surface area contributed by atoms with E-state index < -0.39 is 24.7 Å². The smallest absolute Gasteiger partial charge is 0.409 e. The van der Waals surface area contributed by atoms with E-state index in [1.54, 1.807) is 13.8 Å². The summed E-state index contributed by atoms with van der Waals surface area (Å²) in [5, 5.41) is 8.03. The van der Waals surface area contributed by atoms with Crippen LogP contribution in [-0.2, 0) is 9.53 Å². The van der Waals surface area contributed by atoms with Gasteiger partial charge in [-0.2, -0.15) is 0 Å². The lowest BCUT2D eigenvalue weighted by atomic mass is 10.3. The van der Waals surface area contributed by atoms with Gasteiger partial charge in [-0.05, 0) is 13.8 Å². The van der Waals surface area contributed by atoms with E-state index in [-0.39, 0.29) is 23.8 Å². The molecule has 3 atom stereocenters. The normalized spacial score (nSPS) is 15.6. The first-order valence-electron chi connectivity index (χ1n) is 5.42. The van der Waals surface area contributed by atoms with Crippen molar-refractivity contribution in [2.75, 3.05) is 19.7 Å². The lowest BCUT2D eigenvalue weighted by molar-refractivity contribution is -0.139. The highest BCUT2D eigenvalue weighted by Crippen LogP contribution is 2.06. The monoisotopic (exact) mass is 300 g/mol. The highest BCUT2D eigenvalue weighted by atomic mass is 35.5. The molecule has 3 N–H and O–H groups in total. The first-order valence-corrected chi connectivity index (χ1v) is 6.29. The second kappa shape index (κ2) is 8.39. The zero-order valence-corrected chi connectivity index (χ0v) is 11.8. The zero-order chi connectivity index (χ0) is 14.3. The molecule has 0 rings (SSSR count). The molecule has 8 heteroatoms. The summed E-state index contributed by atoms with van der Waals surface area (Å²) in [6.07, 6.45) is -0.674. The van der Waals surface area contributed by atoms with Gasteiger partial charge in [0.05, 0.1) is 0 Å². The number of nitrogens with two attached hydrogens (primary N) is 1. The third-order valence-electron chi connectivity index (χ3n) is 1.91. The van der Waals surface area contributed by atoms with Crippen LogP contribution in [-0.4, -0.2) is 58.6 Å². The van der Waals surface area contributed by atoms with Crippen molar-refractivity contribution in [3.05, 3.63) is 0 Å². The highest BCUT2D eigenvalue weighted by Gasteiger charge is 2.21. The van der Waals surface area contributed by atoms with Gasteiger partial charge in [-0.3, -0.25) is 4.79 Å². The first-order chi connectivity index (χ1) is 8.23. The molecule has 0 aromatic heterocycles. The van der Waals surface area contributed by atoms with Crippen LogP contribution in [0.3, 0.4) is 0 Å². The number of rotatable bonds is 7. The number of aliphatic carboxylic acids is 1. The van der Waals surface area contributed by atoms with Gasteiger partial charge in [0, 0.05) is 23.8 Å². The lowest BCUT2D eigenvalue weighted by Crippen LogP contribution is -2.42. The molecule has 0 aliphatic rings. The Labute approximate surface area is 116 Å². The zero-order valence-electron chi connectivity index (χ0n) is 10.3. The molecule has 18 heavy (non-hydrogen) atoms. The van der Waals surface area contributed by atoms with E-state index in [1.165, 1.54) is 4.90 Å².